The van der Waals surface area contributed by atoms with Crippen molar-refractivity contribution in [2.45, 2.75) is 13.0 Å². The van der Waals surface area contributed by atoms with Gasteiger partial charge in [-0.3, -0.25) is 0 Å². The van der Waals surface area contributed by atoms with E-state index in [1.54, 1.807) is 6.07 Å². The largest absolute Gasteiger partial charge is 0.478 e. The van der Waals surface area contributed by atoms with Crippen LogP contribution in [0.4, 0.5) is 5.69 Å². The monoisotopic (exact) mass is 299 g/mol. The van der Waals surface area contributed by atoms with Crippen LogP contribution < -0.4 is 4.90 Å². The Hall–Kier alpha value is -1.07. The van der Waals surface area contributed by atoms with E-state index in [0.717, 1.165) is 12.2 Å². The minimum Gasteiger partial charge on any atom is -0.478 e. The summed E-state index contributed by atoms with van der Waals surface area (Å²) in [7, 11) is 0. The number of carboxylic acids is 1. The predicted octanol–water partition coefficient (Wildman–Crippen LogP) is 2.37. The lowest BCUT2D eigenvalue weighted by atomic mass is 10.1. The van der Waals surface area contributed by atoms with Crippen molar-refractivity contribution in [3.8, 4) is 0 Å². The number of ether oxygens (including phenoxy) is 1. The van der Waals surface area contributed by atoms with Crippen LogP contribution in [0.2, 0.25) is 0 Å². The lowest BCUT2D eigenvalue weighted by molar-refractivity contribution is 0.0696. The van der Waals surface area contributed by atoms with E-state index in [2.05, 4.69) is 27.8 Å². The lowest BCUT2D eigenvalue weighted by Gasteiger charge is -2.35. The number of halogens is 1. The molecular formula is C12H14BrNO3. The Labute approximate surface area is 108 Å². The molecule has 0 spiro atoms. The van der Waals surface area contributed by atoms with E-state index in [1.165, 1.54) is 0 Å². The molecule has 1 N–H and O–H groups in total. The number of benzene rings is 1. The maximum Gasteiger partial charge on any atom is 0.336 e. The second-order valence-electron chi connectivity index (χ2n) is 4.09. The molecule has 0 saturated carbocycles. The quantitative estimate of drug-likeness (QED) is 0.911. The fourth-order valence-corrected chi connectivity index (χ4v) is 2.50. The third kappa shape index (κ3) is 2.61. The van der Waals surface area contributed by atoms with Crippen LogP contribution in [0.25, 0.3) is 0 Å². The highest BCUT2D eigenvalue weighted by molar-refractivity contribution is 9.10. The predicted molar refractivity (Wildman–Crippen MR) is 68.7 cm³/mol. The number of aromatic carboxylic acids is 1. The smallest absolute Gasteiger partial charge is 0.336 e. The maximum absolute atomic E-state index is 10.9. The van der Waals surface area contributed by atoms with Gasteiger partial charge in [0.25, 0.3) is 0 Å². The summed E-state index contributed by atoms with van der Waals surface area (Å²) >= 11 is 3.30. The molecule has 1 aliphatic heterocycles. The zero-order chi connectivity index (χ0) is 12.4. The summed E-state index contributed by atoms with van der Waals surface area (Å²) in [6.07, 6.45) is 0. The van der Waals surface area contributed by atoms with E-state index in [9.17, 15) is 4.79 Å². The van der Waals surface area contributed by atoms with Crippen LogP contribution >= 0.6 is 15.9 Å². The standard InChI is InChI=1S/C12H14BrNO3/c1-8-7-17-5-4-14(8)9-2-3-10(12(15)16)11(13)6-9/h2-3,6,8H,4-5,7H2,1H3,(H,15,16). The number of carboxylic acid groups (broad SMARTS) is 1. The topological polar surface area (TPSA) is 49.8 Å². The molecule has 1 fully saturated rings. The summed E-state index contributed by atoms with van der Waals surface area (Å²) in [6.45, 7) is 4.35. The molecule has 1 aromatic rings. The summed E-state index contributed by atoms with van der Waals surface area (Å²) in [5.74, 6) is -0.918. The Morgan fingerprint density at radius 3 is 2.94 bits per heavy atom. The van der Waals surface area contributed by atoms with Crippen molar-refractivity contribution in [3.05, 3.63) is 28.2 Å². The van der Waals surface area contributed by atoms with E-state index in [-0.39, 0.29) is 5.56 Å². The van der Waals surface area contributed by atoms with Crippen LogP contribution in [0.3, 0.4) is 0 Å². The Morgan fingerprint density at radius 1 is 1.59 bits per heavy atom. The third-order valence-corrected chi connectivity index (χ3v) is 3.54. The highest BCUT2D eigenvalue weighted by atomic mass is 79.9. The molecule has 0 aromatic heterocycles. The zero-order valence-electron chi connectivity index (χ0n) is 9.52. The number of hydrogen-bond donors (Lipinski definition) is 1. The van der Waals surface area contributed by atoms with Gasteiger partial charge in [0.15, 0.2) is 0 Å². The number of rotatable bonds is 2. The first-order valence-corrected chi connectivity index (χ1v) is 6.26. The molecule has 1 atom stereocenters. The van der Waals surface area contributed by atoms with Crippen molar-refractivity contribution in [1.29, 1.82) is 0 Å². The first-order valence-electron chi connectivity index (χ1n) is 5.47. The first-order chi connectivity index (χ1) is 8.09. The van der Waals surface area contributed by atoms with E-state index >= 15 is 0 Å². The van der Waals surface area contributed by atoms with Gasteiger partial charge < -0.3 is 14.7 Å². The normalized spacial score (nSPS) is 20.4. The maximum atomic E-state index is 10.9. The summed E-state index contributed by atoms with van der Waals surface area (Å²) < 4.78 is 5.99. The van der Waals surface area contributed by atoms with Crippen LogP contribution in [0.15, 0.2) is 22.7 Å². The Morgan fingerprint density at radius 2 is 2.35 bits per heavy atom. The Bertz CT molecular complexity index is 436. The molecule has 1 heterocycles. The van der Waals surface area contributed by atoms with Gasteiger partial charge in [0.2, 0.25) is 0 Å². The first kappa shape index (κ1) is 12.4. The second-order valence-corrected chi connectivity index (χ2v) is 4.94. The highest BCUT2D eigenvalue weighted by Crippen LogP contribution is 2.26. The van der Waals surface area contributed by atoms with E-state index < -0.39 is 5.97 Å². The van der Waals surface area contributed by atoms with E-state index in [0.29, 0.717) is 23.7 Å². The Kier molecular flexibility index (Phi) is 3.69. The van der Waals surface area contributed by atoms with Crippen LogP contribution in [0.1, 0.15) is 17.3 Å². The van der Waals surface area contributed by atoms with Crippen LogP contribution in [0.5, 0.6) is 0 Å². The molecule has 5 heteroatoms. The fraction of sp³-hybridized carbons (Fsp3) is 0.417. The van der Waals surface area contributed by atoms with Crippen molar-refractivity contribution >= 4 is 27.6 Å². The van der Waals surface area contributed by atoms with Crippen LogP contribution in [-0.2, 0) is 4.74 Å². The minimum absolute atomic E-state index is 0.287. The Balaban J connectivity index is 2.27. The summed E-state index contributed by atoms with van der Waals surface area (Å²) in [6, 6.07) is 5.64. The van der Waals surface area contributed by atoms with Gasteiger partial charge in [-0.25, -0.2) is 4.79 Å². The van der Waals surface area contributed by atoms with Crippen molar-refractivity contribution < 1.29 is 14.6 Å². The molecule has 1 saturated heterocycles. The van der Waals surface area contributed by atoms with Gasteiger partial charge in [-0.2, -0.15) is 0 Å². The third-order valence-electron chi connectivity index (χ3n) is 2.88. The van der Waals surface area contributed by atoms with Gasteiger partial charge in [0.05, 0.1) is 18.8 Å². The summed E-state index contributed by atoms with van der Waals surface area (Å²) in [4.78, 5) is 13.1. The van der Waals surface area contributed by atoms with Crippen LogP contribution in [-0.4, -0.2) is 36.9 Å². The van der Waals surface area contributed by atoms with Crippen molar-refractivity contribution in [2.24, 2.45) is 0 Å². The van der Waals surface area contributed by atoms with E-state index in [4.69, 9.17) is 9.84 Å². The molecule has 2 rings (SSSR count). The minimum atomic E-state index is -0.918. The average molecular weight is 300 g/mol. The van der Waals surface area contributed by atoms with E-state index in [1.807, 2.05) is 12.1 Å². The lowest BCUT2D eigenvalue weighted by Crippen LogP contribution is -2.43. The molecule has 1 aromatic carbocycles. The second kappa shape index (κ2) is 5.06. The molecule has 0 bridgehead atoms. The van der Waals surface area contributed by atoms with Gasteiger partial charge in [-0.15, -0.1) is 0 Å². The number of carbonyl (C=O) groups is 1. The van der Waals surface area contributed by atoms with Gasteiger partial charge >= 0.3 is 5.97 Å². The number of anilines is 1. The average Bonchev–Trinajstić information content (AvgIpc) is 2.29. The molecule has 1 unspecified atom stereocenters. The number of hydrogen-bond acceptors (Lipinski definition) is 3. The molecule has 0 amide bonds. The molecule has 0 radical (unpaired) electrons. The molecule has 1 aliphatic rings. The zero-order valence-corrected chi connectivity index (χ0v) is 11.1. The highest BCUT2D eigenvalue weighted by Gasteiger charge is 2.20. The molecule has 92 valence electrons. The van der Waals surface area contributed by atoms with Crippen LogP contribution in [0, 0.1) is 0 Å². The SMILES string of the molecule is CC1COCCN1c1ccc(C(=O)O)c(Br)c1. The van der Waals surface area contributed by atoms with Crippen molar-refractivity contribution in [1.82, 2.24) is 0 Å². The summed E-state index contributed by atoms with van der Waals surface area (Å²) in [5, 5.41) is 8.96. The summed E-state index contributed by atoms with van der Waals surface area (Å²) in [5.41, 5.74) is 1.31. The van der Waals surface area contributed by atoms with Gasteiger partial charge in [0, 0.05) is 22.7 Å². The molecule has 0 aliphatic carbocycles. The number of nitrogens with zero attached hydrogens (tertiary/aromatic N) is 1. The van der Waals surface area contributed by atoms with Crippen molar-refractivity contribution in [3.63, 3.8) is 0 Å². The van der Waals surface area contributed by atoms with Gasteiger partial charge in [-0.1, -0.05) is 0 Å². The van der Waals surface area contributed by atoms with Crippen molar-refractivity contribution in [2.75, 3.05) is 24.7 Å². The molecule has 4 nitrogen and oxygen atoms in total. The fourth-order valence-electron chi connectivity index (χ4n) is 1.97. The molecule has 17 heavy (non-hydrogen) atoms. The number of morpholine rings is 1. The van der Waals surface area contributed by atoms with Gasteiger partial charge in [0.1, 0.15) is 0 Å². The van der Waals surface area contributed by atoms with Gasteiger partial charge in [-0.05, 0) is 41.1 Å². The molecular weight excluding hydrogens is 286 g/mol.